The highest BCUT2D eigenvalue weighted by molar-refractivity contribution is 5.96. The van der Waals surface area contributed by atoms with Gasteiger partial charge in [-0.3, -0.25) is 0 Å². The number of carboxylic acid groups (broad SMARTS) is 1. The number of aldehydes is 1. The SMILES string of the molecule is O=CCC(=Cc1ccc2ccccc2c1)C(=O)O. The van der Waals surface area contributed by atoms with E-state index in [9.17, 15) is 9.59 Å². The van der Waals surface area contributed by atoms with Crippen LogP contribution in [0.4, 0.5) is 0 Å². The molecule has 0 aliphatic rings. The summed E-state index contributed by atoms with van der Waals surface area (Å²) in [6, 6.07) is 13.5. The van der Waals surface area contributed by atoms with E-state index >= 15 is 0 Å². The predicted octanol–water partition coefficient (Wildman–Crippen LogP) is 2.90. The van der Waals surface area contributed by atoms with Crippen molar-refractivity contribution >= 4 is 29.1 Å². The molecule has 2 aromatic rings. The molecule has 1 N–H and O–H groups in total. The van der Waals surface area contributed by atoms with E-state index in [-0.39, 0.29) is 12.0 Å². The third-order valence-electron chi connectivity index (χ3n) is 2.69. The van der Waals surface area contributed by atoms with Gasteiger partial charge >= 0.3 is 5.97 Å². The zero-order valence-electron chi connectivity index (χ0n) is 9.67. The molecule has 0 saturated carbocycles. The van der Waals surface area contributed by atoms with Crippen molar-refractivity contribution < 1.29 is 14.7 Å². The van der Waals surface area contributed by atoms with E-state index in [0.717, 1.165) is 16.3 Å². The Morgan fingerprint density at radius 1 is 1.11 bits per heavy atom. The first-order valence-electron chi connectivity index (χ1n) is 5.57. The molecular formula is C15H12O3. The van der Waals surface area contributed by atoms with Crippen LogP contribution in [0.5, 0.6) is 0 Å². The van der Waals surface area contributed by atoms with Crippen molar-refractivity contribution in [2.45, 2.75) is 6.42 Å². The summed E-state index contributed by atoms with van der Waals surface area (Å²) in [7, 11) is 0. The molecule has 0 aliphatic heterocycles. The molecule has 0 fully saturated rings. The lowest BCUT2D eigenvalue weighted by atomic mass is 10.0. The highest BCUT2D eigenvalue weighted by Crippen LogP contribution is 2.18. The largest absolute Gasteiger partial charge is 0.478 e. The van der Waals surface area contributed by atoms with Crippen LogP contribution in [0.25, 0.3) is 16.8 Å². The lowest BCUT2D eigenvalue weighted by Gasteiger charge is -2.01. The Hall–Kier alpha value is -2.42. The number of fused-ring (bicyclic) bond motifs is 1. The number of rotatable bonds is 4. The first-order valence-corrected chi connectivity index (χ1v) is 5.57. The fourth-order valence-corrected chi connectivity index (χ4v) is 1.80. The number of hydrogen-bond donors (Lipinski definition) is 1. The smallest absolute Gasteiger partial charge is 0.332 e. The highest BCUT2D eigenvalue weighted by Gasteiger charge is 2.06. The fourth-order valence-electron chi connectivity index (χ4n) is 1.80. The number of hydrogen-bond acceptors (Lipinski definition) is 2. The summed E-state index contributed by atoms with van der Waals surface area (Å²) in [5.74, 6) is -1.06. The molecule has 0 aliphatic carbocycles. The lowest BCUT2D eigenvalue weighted by Crippen LogP contribution is -2.00. The molecule has 0 amide bonds. The molecule has 0 bridgehead atoms. The van der Waals surface area contributed by atoms with Gasteiger partial charge < -0.3 is 9.90 Å². The molecule has 3 heteroatoms. The summed E-state index contributed by atoms with van der Waals surface area (Å²) in [6.07, 6.45) is 2.05. The number of carbonyl (C=O) groups excluding carboxylic acids is 1. The van der Waals surface area contributed by atoms with Crippen LogP contribution in [0.15, 0.2) is 48.0 Å². The minimum absolute atomic E-state index is 0.0812. The van der Waals surface area contributed by atoms with Crippen molar-refractivity contribution in [3.8, 4) is 0 Å². The van der Waals surface area contributed by atoms with Crippen molar-refractivity contribution in [1.82, 2.24) is 0 Å². The normalized spacial score (nSPS) is 11.4. The van der Waals surface area contributed by atoms with Gasteiger partial charge in [-0.15, -0.1) is 0 Å². The van der Waals surface area contributed by atoms with Crippen LogP contribution in [0.3, 0.4) is 0 Å². The summed E-state index contributed by atoms with van der Waals surface area (Å²) < 4.78 is 0. The predicted molar refractivity (Wildman–Crippen MR) is 70.2 cm³/mol. The summed E-state index contributed by atoms with van der Waals surface area (Å²) in [6.45, 7) is 0. The minimum atomic E-state index is -1.06. The Kier molecular flexibility index (Phi) is 3.53. The second-order valence-electron chi connectivity index (χ2n) is 3.95. The van der Waals surface area contributed by atoms with Gasteiger partial charge in [0.25, 0.3) is 0 Å². The molecular weight excluding hydrogens is 228 g/mol. The van der Waals surface area contributed by atoms with Crippen LogP contribution in [0.1, 0.15) is 12.0 Å². The van der Waals surface area contributed by atoms with Crippen LogP contribution in [-0.2, 0) is 9.59 Å². The van der Waals surface area contributed by atoms with Crippen molar-refractivity contribution in [2.24, 2.45) is 0 Å². The average molecular weight is 240 g/mol. The van der Waals surface area contributed by atoms with Gasteiger partial charge in [0, 0.05) is 12.0 Å². The first kappa shape index (κ1) is 12.0. The molecule has 0 aromatic heterocycles. The van der Waals surface area contributed by atoms with E-state index in [0.29, 0.717) is 6.29 Å². The second kappa shape index (κ2) is 5.27. The van der Waals surface area contributed by atoms with E-state index < -0.39 is 5.97 Å². The highest BCUT2D eigenvalue weighted by atomic mass is 16.4. The minimum Gasteiger partial charge on any atom is -0.478 e. The Morgan fingerprint density at radius 3 is 2.50 bits per heavy atom. The van der Waals surface area contributed by atoms with E-state index in [1.165, 1.54) is 6.08 Å². The maximum atomic E-state index is 10.9. The Labute approximate surface area is 104 Å². The zero-order valence-corrected chi connectivity index (χ0v) is 9.67. The first-order chi connectivity index (χ1) is 8.70. The lowest BCUT2D eigenvalue weighted by molar-refractivity contribution is -0.133. The van der Waals surface area contributed by atoms with Crippen LogP contribution < -0.4 is 0 Å². The van der Waals surface area contributed by atoms with Crippen LogP contribution in [-0.4, -0.2) is 17.4 Å². The Bertz CT molecular complexity index is 626. The molecule has 2 aromatic carbocycles. The van der Waals surface area contributed by atoms with Crippen LogP contribution in [0, 0.1) is 0 Å². The van der Waals surface area contributed by atoms with Crippen molar-refractivity contribution in [3.63, 3.8) is 0 Å². The second-order valence-corrected chi connectivity index (χ2v) is 3.95. The maximum absolute atomic E-state index is 10.9. The van der Waals surface area contributed by atoms with Gasteiger partial charge in [0.15, 0.2) is 0 Å². The quantitative estimate of drug-likeness (QED) is 0.660. The standard InChI is InChI=1S/C15H12O3/c16-8-7-14(15(17)18)10-11-5-6-12-3-1-2-4-13(12)9-11/h1-6,8-10H,7H2,(H,17,18). The maximum Gasteiger partial charge on any atom is 0.332 e. The number of benzene rings is 2. The monoisotopic (exact) mass is 240 g/mol. The Balaban J connectivity index is 2.44. The van der Waals surface area contributed by atoms with Gasteiger partial charge in [-0.1, -0.05) is 36.4 Å². The molecule has 0 radical (unpaired) electrons. The van der Waals surface area contributed by atoms with E-state index in [4.69, 9.17) is 5.11 Å². The summed E-state index contributed by atoms with van der Waals surface area (Å²) in [5.41, 5.74) is 0.883. The van der Waals surface area contributed by atoms with Gasteiger partial charge in [0.1, 0.15) is 6.29 Å². The molecule has 0 saturated heterocycles. The van der Waals surface area contributed by atoms with Crippen molar-refractivity contribution in [3.05, 3.63) is 53.6 Å². The summed E-state index contributed by atoms with van der Waals surface area (Å²) in [5, 5.41) is 11.1. The zero-order chi connectivity index (χ0) is 13.0. The van der Waals surface area contributed by atoms with Gasteiger partial charge in [-0.2, -0.15) is 0 Å². The molecule has 18 heavy (non-hydrogen) atoms. The van der Waals surface area contributed by atoms with Crippen molar-refractivity contribution in [1.29, 1.82) is 0 Å². The fraction of sp³-hybridized carbons (Fsp3) is 0.0667. The average Bonchev–Trinajstić information content (AvgIpc) is 2.38. The summed E-state index contributed by atoms with van der Waals surface area (Å²) in [4.78, 5) is 21.3. The van der Waals surface area contributed by atoms with Gasteiger partial charge in [-0.05, 0) is 28.5 Å². The van der Waals surface area contributed by atoms with Gasteiger partial charge in [0.05, 0.1) is 0 Å². The van der Waals surface area contributed by atoms with Crippen LogP contribution >= 0.6 is 0 Å². The summed E-state index contributed by atoms with van der Waals surface area (Å²) >= 11 is 0. The third kappa shape index (κ3) is 2.63. The number of aliphatic carboxylic acids is 1. The molecule has 0 atom stereocenters. The molecule has 90 valence electrons. The molecule has 0 unspecified atom stereocenters. The Morgan fingerprint density at radius 2 is 1.83 bits per heavy atom. The molecule has 0 spiro atoms. The topological polar surface area (TPSA) is 54.4 Å². The third-order valence-corrected chi connectivity index (χ3v) is 2.69. The van der Waals surface area contributed by atoms with Crippen LogP contribution in [0.2, 0.25) is 0 Å². The van der Waals surface area contributed by atoms with E-state index in [1.807, 2.05) is 42.5 Å². The molecule has 0 heterocycles. The number of carboxylic acids is 1. The van der Waals surface area contributed by atoms with E-state index in [2.05, 4.69) is 0 Å². The van der Waals surface area contributed by atoms with Gasteiger partial charge in [0.2, 0.25) is 0 Å². The number of carbonyl (C=O) groups is 2. The molecule has 3 nitrogen and oxygen atoms in total. The molecule has 2 rings (SSSR count). The van der Waals surface area contributed by atoms with Gasteiger partial charge in [-0.25, -0.2) is 4.79 Å². The van der Waals surface area contributed by atoms with Crippen molar-refractivity contribution in [2.75, 3.05) is 0 Å². The van der Waals surface area contributed by atoms with E-state index in [1.54, 1.807) is 0 Å².